The standard InChI is InChI=1S/C8H8O2.C6H11NO/c9-7-10-6-8-4-2-1-3-5-8;1-5-4-6(8)2-3-7-5/h1-5,7H,6H2;5,7H,2-4H2,1H3. The van der Waals surface area contributed by atoms with Gasteiger partial charge in [-0.25, -0.2) is 0 Å². The number of carbonyl (C=O) groups is 2. The van der Waals surface area contributed by atoms with Gasteiger partial charge < -0.3 is 10.1 Å². The minimum atomic E-state index is 0.365. The van der Waals surface area contributed by atoms with Gasteiger partial charge in [0.2, 0.25) is 0 Å². The molecule has 1 aromatic rings. The second-order valence-electron chi connectivity index (χ2n) is 4.24. The Balaban J connectivity index is 0.000000184. The molecule has 18 heavy (non-hydrogen) atoms. The van der Waals surface area contributed by atoms with Gasteiger partial charge in [-0.2, -0.15) is 0 Å². The molecule has 0 bridgehead atoms. The van der Waals surface area contributed by atoms with Crippen LogP contribution in [0, 0.1) is 0 Å². The highest BCUT2D eigenvalue weighted by Gasteiger charge is 2.13. The maximum Gasteiger partial charge on any atom is 0.293 e. The average Bonchev–Trinajstić information content (AvgIpc) is 2.38. The van der Waals surface area contributed by atoms with Gasteiger partial charge in [0.1, 0.15) is 12.4 Å². The molecule has 98 valence electrons. The van der Waals surface area contributed by atoms with Crippen molar-refractivity contribution in [2.24, 2.45) is 0 Å². The van der Waals surface area contributed by atoms with E-state index < -0.39 is 0 Å². The first-order valence-electron chi connectivity index (χ1n) is 6.06. The predicted molar refractivity (Wildman–Crippen MR) is 69.0 cm³/mol. The van der Waals surface area contributed by atoms with Gasteiger partial charge >= 0.3 is 0 Å². The zero-order valence-corrected chi connectivity index (χ0v) is 10.6. The van der Waals surface area contributed by atoms with Crippen LogP contribution in [0.25, 0.3) is 0 Å². The molecule has 4 heteroatoms. The van der Waals surface area contributed by atoms with Crippen molar-refractivity contribution in [3.63, 3.8) is 0 Å². The fourth-order valence-corrected chi connectivity index (χ4v) is 1.68. The summed E-state index contributed by atoms with van der Waals surface area (Å²) in [5.41, 5.74) is 1.01. The molecule has 1 aliphatic rings. The van der Waals surface area contributed by atoms with Crippen molar-refractivity contribution in [1.29, 1.82) is 0 Å². The van der Waals surface area contributed by atoms with Gasteiger partial charge in [-0.1, -0.05) is 30.3 Å². The Morgan fingerprint density at radius 3 is 2.61 bits per heavy atom. The van der Waals surface area contributed by atoms with Crippen molar-refractivity contribution in [2.45, 2.75) is 32.4 Å². The van der Waals surface area contributed by atoms with Crippen LogP contribution in [0.15, 0.2) is 30.3 Å². The summed E-state index contributed by atoms with van der Waals surface area (Å²) in [4.78, 5) is 20.4. The van der Waals surface area contributed by atoms with Gasteiger partial charge in [-0.3, -0.25) is 9.59 Å². The van der Waals surface area contributed by atoms with Crippen LogP contribution in [0.1, 0.15) is 25.3 Å². The van der Waals surface area contributed by atoms with E-state index in [-0.39, 0.29) is 0 Å². The summed E-state index contributed by atoms with van der Waals surface area (Å²) in [6, 6.07) is 9.96. The molecule has 1 aromatic carbocycles. The van der Waals surface area contributed by atoms with Crippen LogP contribution in [-0.2, 0) is 20.9 Å². The SMILES string of the molecule is CC1CC(=O)CCN1.O=COCc1ccccc1. The fraction of sp³-hybridized carbons (Fsp3) is 0.429. The second kappa shape index (κ2) is 8.42. The van der Waals surface area contributed by atoms with Crippen molar-refractivity contribution >= 4 is 12.3 Å². The lowest BCUT2D eigenvalue weighted by Crippen LogP contribution is -2.35. The van der Waals surface area contributed by atoms with Crippen molar-refractivity contribution in [2.75, 3.05) is 6.54 Å². The van der Waals surface area contributed by atoms with Gasteiger partial charge in [0.15, 0.2) is 0 Å². The molecule has 1 aliphatic heterocycles. The number of hydrogen-bond donors (Lipinski definition) is 1. The number of ether oxygens (including phenoxy) is 1. The molecule has 1 heterocycles. The Kier molecular flexibility index (Phi) is 6.72. The van der Waals surface area contributed by atoms with Crippen LogP contribution in [0.4, 0.5) is 0 Å². The smallest absolute Gasteiger partial charge is 0.293 e. The minimum absolute atomic E-state index is 0.365. The van der Waals surface area contributed by atoms with E-state index in [0.29, 0.717) is 24.9 Å². The van der Waals surface area contributed by atoms with Gasteiger partial charge in [-0.15, -0.1) is 0 Å². The van der Waals surface area contributed by atoms with E-state index in [1.807, 2.05) is 37.3 Å². The number of nitrogens with one attached hydrogen (secondary N) is 1. The maximum absolute atomic E-state index is 10.6. The molecular weight excluding hydrogens is 230 g/mol. The maximum atomic E-state index is 10.6. The van der Waals surface area contributed by atoms with Crippen LogP contribution >= 0.6 is 0 Å². The zero-order chi connectivity index (χ0) is 13.2. The number of benzene rings is 1. The molecule has 0 aromatic heterocycles. The molecule has 0 radical (unpaired) electrons. The Morgan fingerprint density at radius 1 is 1.39 bits per heavy atom. The van der Waals surface area contributed by atoms with Gasteiger partial charge in [0.05, 0.1) is 0 Å². The first kappa shape index (κ1) is 14.4. The lowest BCUT2D eigenvalue weighted by atomic mass is 10.1. The third-order valence-corrected chi connectivity index (χ3v) is 2.59. The number of hydrogen-bond acceptors (Lipinski definition) is 4. The average molecular weight is 249 g/mol. The van der Waals surface area contributed by atoms with Crippen LogP contribution in [-0.4, -0.2) is 24.8 Å². The summed E-state index contributed by atoms with van der Waals surface area (Å²) in [6.45, 7) is 3.73. The molecule has 0 saturated carbocycles. The molecule has 0 aliphatic carbocycles. The van der Waals surface area contributed by atoms with E-state index in [4.69, 9.17) is 0 Å². The van der Waals surface area contributed by atoms with E-state index in [1.54, 1.807) is 0 Å². The Labute approximate surface area is 107 Å². The molecular formula is C14H19NO3. The van der Waals surface area contributed by atoms with E-state index in [9.17, 15) is 9.59 Å². The molecule has 1 fully saturated rings. The molecule has 1 N–H and O–H groups in total. The second-order valence-corrected chi connectivity index (χ2v) is 4.24. The van der Waals surface area contributed by atoms with E-state index >= 15 is 0 Å². The van der Waals surface area contributed by atoms with Gasteiger partial charge in [0.25, 0.3) is 6.47 Å². The molecule has 0 spiro atoms. The van der Waals surface area contributed by atoms with Gasteiger partial charge in [-0.05, 0) is 12.5 Å². The van der Waals surface area contributed by atoms with Crippen molar-refractivity contribution < 1.29 is 14.3 Å². The van der Waals surface area contributed by atoms with Crippen molar-refractivity contribution in [3.8, 4) is 0 Å². The van der Waals surface area contributed by atoms with E-state index in [1.165, 1.54) is 0 Å². The summed E-state index contributed by atoms with van der Waals surface area (Å²) >= 11 is 0. The van der Waals surface area contributed by atoms with Crippen LogP contribution < -0.4 is 5.32 Å². The predicted octanol–water partition coefficient (Wildman–Crippen LogP) is 1.69. The van der Waals surface area contributed by atoms with E-state index in [2.05, 4.69) is 10.1 Å². The third-order valence-electron chi connectivity index (χ3n) is 2.59. The summed E-state index contributed by atoms with van der Waals surface area (Å²) in [5, 5.41) is 3.19. The monoisotopic (exact) mass is 249 g/mol. The summed E-state index contributed by atoms with van der Waals surface area (Å²) in [5.74, 6) is 0.399. The summed E-state index contributed by atoms with van der Waals surface area (Å²) in [6.07, 6.45) is 1.45. The largest absolute Gasteiger partial charge is 0.463 e. The zero-order valence-electron chi connectivity index (χ0n) is 10.6. The lowest BCUT2D eigenvalue weighted by molar-refractivity contribution is -0.129. The first-order chi connectivity index (χ1) is 8.72. The van der Waals surface area contributed by atoms with Crippen LogP contribution in [0.5, 0.6) is 0 Å². The molecule has 2 rings (SSSR count). The minimum Gasteiger partial charge on any atom is -0.463 e. The first-order valence-corrected chi connectivity index (χ1v) is 6.06. The number of rotatable bonds is 3. The highest BCUT2D eigenvalue weighted by atomic mass is 16.5. The Morgan fingerprint density at radius 2 is 2.11 bits per heavy atom. The number of piperidine rings is 1. The molecule has 4 nitrogen and oxygen atoms in total. The van der Waals surface area contributed by atoms with E-state index in [0.717, 1.165) is 24.9 Å². The number of ketones is 1. The van der Waals surface area contributed by atoms with Crippen LogP contribution in [0.3, 0.4) is 0 Å². The summed E-state index contributed by atoms with van der Waals surface area (Å²) < 4.78 is 4.54. The Bertz CT molecular complexity index is 365. The highest BCUT2D eigenvalue weighted by Crippen LogP contribution is 2.00. The quantitative estimate of drug-likeness (QED) is 0.828. The lowest BCUT2D eigenvalue weighted by Gasteiger charge is -2.17. The highest BCUT2D eigenvalue weighted by molar-refractivity contribution is 5.79. The van der Waals surface area contributed by atoms with Gasteiger partial charge in [0, 0.05) is 25.4 Å². The van der Waals surface area contributed by atoms with Crippen molar-refractivity contribution in [3.05, 3.63) is 35.9 Å². The van der Waals surface area contributed by atoms with Crippen molar-refractivity contribution in [1.82, 2.24) is 5.32 Å². The number of Topliss-reactive ketones (excluding diaryl/α,β-unsaturated/α-hetero) is 1. The van der Waals surface area contributed by atoms with Crippen LogP contribution in [0.2, 0.25) is 0 Å². The molecule has 1 atom stereocenters. The Hall–Kier alpha value is -1.68. The normalized spacial score (nSPS) is 18.5. The third kappa shape index (κ3) is 6.15. The molecule has 0 amide bonds. The fourth-order valence-electron chi connectivity index (χ4n) is 1.68. The topological polar surface area (TPSA) is 55.4 Å². The number of carbonyl (C=O) groups excluding carboxylic acids is 2. The summed E-state index contributed by atoms with van der Waals surface area (Å²) in [7, 11) is 0. The molecule has 1 unspecified atom stereocenters. The molecule has 1 saturated heterocycles.